The SMILES string of the molecule is CC(C)OCCN(C)CC(C)(C)CO. The summed E-state index contributed by atoms with van der Waals surface area (Å²) in [7, 11) is 2.06. The quantitative estimate of drug-likeness (QED) is 0.678. The van der Waals surface area contributed by atoms with Crippen molar-refractivity contribution in [2.24, 2.45) is 5.41 Å². The Morgan fingerprint density at radius 2 is 1.93 bits per heavy atom. The summed E-state index contributed by atoms with van der Waals surface area (Å²) < 4.78 is 5.46. The van der Waals surface area contributed by atoms with Gasteiger partial charge in [0.2, 0.25) is 0 Å². The van der Waals surface area contributed by atoms with Crippen LogP contribution in [0.3, 0.4) is 0 Å². The lowest BCUT2D eigenvalue weighted by atomic mass is 9.94. The minimum atomic E-state index is -0.0212. The van der Waals surface area contributed by atoms with Gasteiger partial charge in [-0.2, -0.15) is 0 Å². The number of aliphatic hydroxyl groups is 1. The highest BCUT2D eigenvalue weighted by Crippen LogP contribution is 2.14. The van der Waals surface area contributed by atoms with E-state index in [1.54, 1.807) is 0 Å². The number of hydrogen-bond acceptors (Lipinski definition) is 3. The van der Waals surface area contributed by atoms with E-state index in [2.05, 4.69) is 25.8 Å². The molecule has 3 heteroatoms. The fourth-order valence-corrected chi connectivity index (χ4v) is 1.30. The van der Waals surface area contributed by atoms with Crippen LogP contribution in [0.4, 0.5) is 0 Å². The number of nitrogens with zero attached hydrogens (tertiary/aromatic N) is 1. The van der Waals surface area contributed by atoms with Crippen LogP contribution in [0, 0.1) is 5.41 Å². The van der Waals surface area contributed by atoms with Gasteiger partial charge in [0.1, 0.15) is 0 Å². The summed E-state index contributed by atoms with van der Waals surface area (Å²) in [5, 5.41) is 9.10. The molecule has 3 nitrogen and oxygen atoms in total. The second-order valence-electron chi connectivity index (χ2n) is 4.98. The molecule has 0 aliphatic rings. The molecular weight excluding hydrogens is 178 g/mol. The van der Waals surface area contributed by atoms with Gasteiger partial charge < -0.3 is 14.7 Å². The minimum Gasteiger partial charge on any atom is -0.396 e. The molecule has 0 fully saturated rings. The number of rotatable bonds is 7. The van der Waals surface area contributed by atoms with E-state index in [0.29, 0.717) is 6.10 Å². The Hall–Kier alpha value is -0.120. The Morgan fingerprint density at radius 3 is 2.36 bits per heavy atom. The third-order valence-corrected chi connectivity index (χ3v) is 2.05. The molecule has 0 saturated heterocycles. The van der Waals surface area contributed by atoms with Crippen molar-refractivity contribution in [3.05, 3.63) is 0 Å². The summed E-state index contributed by atoms with van der Waals surface area (Å²) in [4.78, 5) is 2.19. The zero-order chi connectivity index (χ0) is 11.2. The second kappa shape index (κ2) is 6.38. The molecule has 0 bridgehead atoms. The number of likely N-dealkylation sites (N-methyl/N-ethyl adjacent to an activating group) is 1. The van der Waals surface area contributed by atoms with Gasteiger partial charge in [-0.1, -0.05) is 13.8 Å². The van der Waals surface area contributed by atoms with E-state index in [4.69, 9.17) is 9.84 Å². The van der Waals surface area contributed by atoms with Crippen LogP contribution in [-0.4, -0.2) is 49.5 Å². The van der Waals surface area contributed by atoms with Crippen LogP contribution in [0.25, 0.3) is 0 Å². The summed E-state index contributed by atoms with van der Waals surface area (Å²) in [6.45, 7) is 11.0. The third-order valence-electron chi connectivity index (χ3n) is 2.05. The Balaban J connectivity index is 3.60. The fraction of sp³-hybridized carbons (Fsp3) is 1.00. The summed E-state index contributed by atoms with van der Waals surface area (Å²) in [6.07, 6.45) is 0.300. The summed E-state index contributed by atoms with van der Waals surface area (Å²) >= 11 is 0. The van der Waals surface area contributed by atoms with Gasteiger partial charge in [0.05, 0.1) is 12.7 Å². The van der Waals surface area contributed by atoms with Crippen LogP contribution >= 0.6 is 0 Å². The van der Waals surface area contributed by atoms with Gasteiger partial charge in [-0.25, -0.2) is 0 Å². The zero-order valence-corrected chi connectivity index (χ0v) is 10.2. The van der Waals surface area contributed by atoms with Crippen LogP contribution in [0.2, 0.25) is 0 Å². The van der Waals surface area contributed by atoms with E-state index < -0.39 is 0 Å². The highest BCUT2D eigenvalue weighted by Gasteiger charge is 2.18. The van der Waals surface area contributed by atoms with Crippen molar-refractivity contribution < 1.29 is 9.84 Å². The summed E-state index contributed by atoms with van der Waals surface area (Å²) in [5.41, 5.74) is -0.0212. The van der Waals surface area contributed by atoms with E-state index >= 15 is 0 Å². The summed E-state index contributed by atoms with van der Waals surface area (Å²) in [6, 6.07) is 0. The van der Waals surface area contributed by atoms with Crippen molar-refractivity contribution in [2.45, 2.75) is 33.8 Å². The molecule has 0 spiro atoms. The summed E-state index contributed by atoms with van der Waals surface area (Å²) in [5.74, 6) is 0. The molecule has 0 aliphatic carbocycles. The normalized spacial score (nSPS) is 12.9. The first-order chi connectivity index (χ1) is 6.37. The molecule has 0 rings (SSSR count). The van der Waals surface area contributed by atoms with Gasteiger partial charge in [-0.3, -0.25) is 0 Å². The first-order valence-corrected chi connectivity index (χ1v) is 5.28. The molecule has 0 aromatic rings. The predicted molar refractivity (Wildman–Crippen MR) is 59.5 cm³/mol. The minimum absolute atomic E-state index is 0.0212. The predicted octanol–water partition coefficient (Wildman–Crippen LogP) is 1.36. The molecule has 0 radical (unpaired) electrons. The monoisotopic (exact) mass is 203 g/mol. The highest BCUT2D eigenvalue weighted by molar-refractivity contribution is 4.70. The first-order valence-electron chi connectivity index (χ1n) is 5.28. The third kappa shape index (κ3) is 7.30. The molecular formula is C11H25NO2. The van der Waals surface area contributed by atoms with Crippen molar-refractivity contribution in [1.82, 2.24) is 4.90 Å². The first kappa shape index (κ1) is 13.9. The topological polar surface area (TPSA) is 32.7 Å². The van der Waals surface area contributed by atoms with Crippen molar-refractivity contribution >= 4 is 0 Å². The van der Waals surface area contributed by atoms with Gasteiger partial charge in [-0.05, 0) is 20.9 Å². The van der Waals surface area contributed by atoms with E-state index in [1.165, 1.54) is 0 Å². The molecule has 14 heavy (non-hydrogen) atoms. The molecule has 0 saturated carbocycles. The van der Waals surface area contributed by atoms with Gasteiger partial charge >= 0.3 is 0 Å². The molecule has 0 aliphatic heterocycles. The number of aliphatic hydroxyl groups excluding tert-OH is 1. The average Bonchev–Trinajstić information content (AvgIpc) is 2.02. The van der Waals surface area contributed by atoms with E-state index in [-0.39, 0.29) is 12.0 Å². The lowest BCUT2D eigenvalue weighted by Gasteiger charge is -2.28. The van der Waals surface area contributed by atoms with Crippen LogP contribution in [0.15, 0.2) is 0 Å². The standard InChI is InChI=1S/C11H25NO2/c1-10(2)14-7-6-12(5)8-11(3,4)9-13/h10,13H,6-9H2,1-5H3. The van der Waals surface area contributed by atoms with Crippen molar-refractivity contribution in [3.8, 4) is 0 Å². The van der Waals surface area contributed by atoms with Crippen LogP contribution in [0.5, 0.6) is 0 Å². The van der Waals surface area contributed by atoms with Crippen LogP contribution in [0.1, 0.15) is 27.7 Å². The maximum absolute atomic E-state index is 9.10. The fourth-order valence-electron chi connectivity index (χ4n) is 1.30. The van der Waals surface area contributed by atoms with Crippen molar-refractivity contribution in [1.29, 1.82) is 0 Å². The maximum Gasteiger partial charge on any atom is 0.0596 e. The lowest BCUT2D eigenvalue weighted by Crippen LogP contribution is -2.36. The average molecular weight is 203 g/mol. The highest BCUT2D eigenvalue weighted by atomic mass is 16.5. The molecule has 0 aromatic heterocycles. The molecule has 0 unspecified atom stereocenters. The second-order valence-corrected chi connectivity index (χ2v) is 4.98. The number of hydrogen-bond donors (Lipinski definition) is 1. The number of ether oxygens (including phenoxy) is 1. The van der Waals surface area contributed by atoms with Gasteiger partial charge in [0, 0.05) is 25.1 Å². The Morgan fingerprint density at radius 1 is 1.36 bits per heavy atom. The molecule has 0 amide bonds. The van der Waals surface area contributed by atoms with E-state index in [0.717, 1.165) is 19.7 Å². The van der Waals surface area contributed by atoms with Crippen molar-refractivity contribution in [3.63, 3.8) is 0 Å². The zero-order valence-electron chi connectivity index (χ0n) is 10.2. The van der Waals surface area contributed by atoms with Gasteiger partial charge in [-0.15, -0.1) is 0 Å². The molecule has 86 valence electrons. The Bertz CT molecular complexity index is 146. The smallest absolute Gasteiger partial charge is 0.0596 e. The molecule has 0 heterocycles. The van der Waals surface area contributed by atoms with Crippen LogP contribution in [-0.2, 0) is 4.74 Å². The molecule has 1 N–H and O–H groups in total. The van der Waals surface area contributed by atoms with Gasteiger partial charge in [0.25, 0.3) is 0 Å². The van der Waals surface area contributed by atoms with Crippen LogP contribution < -0.4 is 0 Å². The van der Waals surface area contributed by atoms with E-state index in [1.807, 2.05) is 13.8 Å². The van der Waals surface area contributed by atoms with E-state index in [9.17, 15) is 0 Å². The molecule has 0 aromatic carbocycles. The Labute approximate surface area is 88.1 Å². The van der Waals surface area contributed by atoms with Crippen molar-refractivity contribution in [2.75, 3.05) is 33.4 Å². The molecule has 0 atom stereocenters. The lowest BCUT2D eigenvalue weighted by molar-refractivity contribution is 0.0495. The maximum atomic E-state index is 9.10. The largest absolute Gasteiger partial charge is 0.396 e. The van der Waals surface area contributed by atoms with Gasteiger partial charge in [0.15, 0.2) is 0 Å². The Kier molecular flexibility index (Phi) is 6.33.